The lowest BCUT2D eigenvalue weighted by molar-refractivity contribution is -0.137. The van der Waals surface area contributed by atoms with Gasteiger partial charge in [-0.1, -0.05) is 24.6 Å². The number of likely N-dealkylation sites (tertiary alicyclic amines) is 1. The van der Waals surface area contributed by atoms with E-state index in [9.17, 15) is 28.3 Å². The summed E-state index contributed by atoms with van der Waals surface area (Å²) < 4.78 is 48.1. The molecule has 4 heterocycles. The zero-order valence-electron chi connectivity index (χ0n) is 23.3. The first-order valence-corrected chi connectivity index (χ1v) is 14.5. The van der Waals surface area contributed by atoms with E-state index in [1.807, 2.05) is 4.90 Å². The Bertz CT molecular complexity index is 1360. The van der Waals surface area contributed by atoms with Gasteiger partial charge in [0.15, 0.2) is 0 Å². The van der Waals surface area contributed by atoms with E-state index in [0.29, 0.717) is 31.1 Å². The molecule has 226 valence electrons. The Morgan fingerprint density at radius 3 is 2.71 bits per heavy atom. The summed E-state index contributed by atoms with van der Waals surface area (Å²) in [5.74, 6) is 0.573. The van der Waals surface area contributed by atoms with E-state index in [1.165, 1.54) is 23.1 Å². The minimum Gasteiger partial charge on any atom is -0.465 e. The number of alkyl halides is 3. The minimum atomic E-state index is -4.63. The summed E-state index contributed by atoms with van der Waals surface area (Å²) in [4.78, 5) is 28.4. The predicted octanol–water partition coefficient (Wildman–Crippen LogP) is 4.66. The van der Waals surface area contributed by atoms with Crippen LogP contribution in [0, 0.1) is 11.3 Å². The molecular weight excluding hydrogens is 575 g/mol. The number of rotatable bonds is 7. The molecule has 2 aromatic rings. The smallest absolute Gasteiger partial charge is 0.419 e. The Kier molecular flexibility index (Phi) is 8.84. The number of amides is 1. The third-order valence-corrected chi connectivity index (χ3v) is 8.62. The molecule has 10 nitrogen and oxygen atoms in total. The van der Waals surface area contributed by atoms with Gasteiger partial charge in [-0.2, -0.15) is 28.4 Å². The molecule has 0 aliphatic carbocycles. The van der Waals surface area contributed by atoms with Gasteiger partial charge in [-0.05, 0) is 44.5 Å². The Morgan fingerprint density at radius 1 is 1.19 bits per heavy atom. The third kappa shape index (κ3) is 6.15. The van der Waals surface area contributed by atoms with Gasteiger partial charge in [-0.15, -0.1) is 0 Å². The second-order valence-corrected chi connectivity index (χ2v) is 11.1. The van der Waals surface area contributed by atoms with Gasteiger partial charge in [0.05, 0.1) is 47.0 Å². The highest BCUT2D eigenvalue weighted by molar-refractivity contribution is 6.31. The average molecular weight is 608 g/mol. The highest BCUT2D eigenvalue weighted by Crippen LogP contribution is 2.43. The van der Waals surface area contributed by atoms with E-state index in [2.05, 4.69) is 22.9 Å². The molecule has 0 saturated carbocycles. The van der Waals surface area contributed by atoms with Gasteiger partial charge >= 0.3 is 18.3 Å². The standard InChI is InChI=1S/C28H33ClF3N7O3/c1-2-36-11-4-5-19(36)17-42-26-34-22-16-37(23-7-3-6-21(29)24(23)28(30,31)32)12-9-20(22)25(35-26)38-13-14-39(27(40)41)18(15-38)8-10-33/h3,6-7,18-19H,2,4-5,8-9,11-17H2,1H3,(H,40,41)/t18?,19-/m0/s1. The zero-order valence-corrected chi connectivity index (χ0v) is 24.0. The molecule has 3 aliphatic rings. The second-order valence-electron chi connectivity index (χ2n) is 10.7. The summed E-state index contributed by atoms with van der Waals surface area (Å²) in [7, 11) is 0. The zero-order chi connectivity index (χ0) is 30.0. The first-order chi connectivity index (χ1) is 20.1. The van der Waals surface area contributed by atoms with E-state index in [1.54, 1.807) is 4.90 Å². The number of ether oxygens (including phenoxy) is 1. The van der Waals surface area contributed by atoms with Crippen molar-refractivity contribution in [2.24, 2.45) is 0 Å². The minimum absolute atomic E-state index is 0.0167. The molecule has 2 saturated heterocycles. The fourth-order valence-electron chi connectivity index (χ4n) is 6.23. The SMILES string of the molecule is CCN1CCC[C@H]1COc1nc2c(c(N3CCN(C(=O)O)C(CC#N)C3)n1)CCN(c1cccc(Cl)c1C(F)(F)F)C2. The summed E-state index contributed by atoms with van der Waals surface area (Å²) in [5, 5.41) is 18.6. The molecule has 2 atom stereocenters. The van der Waals surface area contributed by atoms with Gasteiger partial charge in [-0.25, -0.2) is 4.79 Å². The Hall–Kier alpha value is -3.50. The number of carboxylic acid groups (broad SMARTS) is 1. The molecule has 1 unspecified atom stereocenters. The van der Waals surface area contributed by atoms with E-state index in [-0.39, 0.29) is 55.4 Å². The normalized spacial score (nSPS) is 21.3. The van der Waals surface area contributed by atoms with Crippen LogP contribution in [0.3, 0.4) is 0 Å². The fraction of sp³-hybridized carbons (Fsp3) is 0.571. The number of benzene rings is 1. The Morgan fingerprint density at radius 2 is 2.00 bits per heavy atom. The van der Waals surface area contributed by atoms with Crippen LogP contribution in [-0.4, -0.2) is 88.9 Å². The highest BCUT2D eigenvalue weighted by atomic mass is 35.5. The number of aromatic nitrogens is 2. The van der Waals surface area contributed by atoms with Crippen molar-refractivity contribution in [3.8, 4) is 12.1 Å². The molecule has 3 aliphatic heterocycles. The summed E-state index contributed by atoms with van der Waals surface area (Å²) in [6, 6.07) is 6.02. The van der Waals surface area contributed by atoms with Gasteiger partial charge in [0.2, 0.25) is 0 Å². The van der Waals surface area contributed by atoms with Crippen molar-refractivity contribution in [2.45, 2.75) is 57.4 Å². The van der Waals surface area contributed by atoms with Crippen molar-refractivity contribution in [1.82, 2.24) is 19.8 Å². The lowest BCUT2D eigenvalue weighted by Gasteiger charge is -2.41. The third-order valence-electron chi connectivity index (χ3n) is 8.30. The monoisotopic (exact) mass is 607 g/mol. The topological polar surface area (TPSA) is 109 Å². The second kappa shape index (κ2) is 12.4. The van der Waals surface area contributed by atoms with Crippen molar-refractivity contribution < 1.29 is 27.8 Å². The first-order valence-electron chi connectivity index (χ1n) is 14.1. The van der Waals surface area contributed by atoms with Gasteiger partial charge in [0.1, 0.15) is 12.4 Å². The van der Waals surface area contributed by atoms with Crippen LogP contribution < -0.4 is 14.5 Å². The molecule has 1 N–H and O–H groups in total. The molecule has 42 heavy (non-hydrogen) atoms. The molecule has 0 radical (unpaired) electrons. The lowest BCUT2D eigenvalue weighted by Crippen LogP contribution is -2.55. The summed E-state index contributed by atoms with van der Waals surface area (Å²) in [5.41, 5.74) is 0.429. The molecule has 5 rings (SSSR count). The van der Waals surface area contributed by atoms with Crippen LogP contribution in [0.25, 0.3) is 0 Å². The van der Waals surface area contributed by atoms with Crippen LogP contribution in [0.4, 0.5) is 29.5 Å². The largest absolute Gasteiger partial charge is 0.465 e. The average Bonchev–Trinajstić information content (AvgIpc) is 3.42. The fourth-order valence-corrected chi connectivity index (χ4v) is 6.50. The molecular formula is C28H33ClF3N7O3. The number of nitrogens with zero attached hydrogens (tertiary/aromatic N) is 7. The summed E-state index contributed by atoms with van der Waals surface area (Å²) in [6.45, 7) is 5.52. The van der Waals surface area contributed by atoms with E-state index < -0.39 is 23.9 Å². The highest BCUT2D eigenvalue weighted by Gasteiger charge is 2.39. The van der Waals surface area contributed by atoms with Gasteiger partial charge in [0.25, 0.3) is 0 Å². The Balaban J connectivity index is 1.49. The maximum atomic E-state index is 14.0. The molecule has 0 bridgehead atoms. The number of anilines is 2. The van der Waals surface area contributed by atoms with Crippen LogP contribution in [0.2, 0.25) is 5.02 Å². The van der Waals surface area contributed by atoms with Crippen molar-refractivity contribution in [3.05, 3.63) is 40.0 Å². The van der Waals surface area contributed by atoms with Crippen molar-refractivity contribution in [2.75, 3.05) is 55.7 Å². The maximum Gasteiger partial charge on any atom is 0.419 e. The number of hydrogen-bond donors (Lipinski definition) is 1. The van der Waals surface area contributed by atoms with E-state index in [0.717, 1.165) is 31.5 Å². The van der Waals surface area contributed by atoms with Crippen molar-refractivity contribution in [1.29, 1.82) is 5.26 Å². The molecule has 1 amide bonds. The number of piperazine rings is 1. The number of fused-ring (bicyclic) bond motifs is 1. The van der Waals surface area contributed by atoms with E-state index >= 15 is 0 Å². The molecule has 14 heteroatoms. The van der Waals surface area contributed by atoms with Crippen LogP contribution in [-0.2, 0) is 19.1 Å². The Labute approximate surface area is 247 Å². The van der Waals surface area contributed by atoms with Crippen LogP contribution >= 0.6 is 11.6 Å². The number of likely N-dealkylation sites (N-methyl/N-ethyl adjacent to an activating group) is 1. The number of carbonyl (C=O) groups is 1. The van der Waals surface area contributed by atoms with Crippen molar-refractivity contribution >= 4 is 29.2 Å². The summed E-state index contributed by atoms with van der Waals surface area (Å²) >= 11 is 6.01. The van der Waals surface area contributed by atoms with Crippen LogP contribution in [0.15, 0.2) is 18.2 Å². The van der Waals surface area contributed by atoms with Gasteiger partial charge < -0.3 is 24.5 Å². The molecule has 1 aromatic carbocycles. The predicted molar refractivity (Wildman–Crippen MR) is 150 cm³/mol. The summed E-state index contributed by atoms with van der Waals surface area (Å²) in [6.07, 6.45) is -3.27. The molecule has 1 aromatic heterocycles. The number of nitriles is 1. The lowest BCUT2D eigenvalue weighted by atomic mass is 10.0. The number of hydrogen-bond acceptors (Lipinski definition) is 8. The molecule has 2 fully saturated rings. The first kappa shape index (κ1) is 30.0. The van der Waals surface area contributed by atoms with Gasteiger partial charge in [-0.3, -0.25) is 4.90 Å². The van der Waals surface area contributed by atoms with Gasteiger partial charge in [0, 0.05) is 37.8 Å². The van der Waals surface area contributed by atoms with Crippen molar-refractivity contribution in [3.63, 3.8) is 0 Å². The maximum absolute atomic E-state index is 14.0. The van der Waals surface area contributed by atoms with Crippen LogP contribution in [0.1, 0.15) is 43.0 Å². The van der Waals surface area contributed by atoms with E-state index in [4.69, 9.17) is 21.3 Å². The number of halogens is 4. The molecule has 0 spiro atoms. The quantitative estimate of drug-likeness (QED) is 0.481. The van der Waals surface area contributed by atoms with Crippen LogP contribution in [0.5, 0.6) is 6.01 Å².